The zero-order valence-electron chi connectivity index (χ0n) is 12.0. The van der Waals surface area contributed by atoms with Crippen LogP contribution in [0.15, 0.2) is 12.1 Å². The van der Waals surface area contributed by atoms with Gasteiger partial charge in [-0.05, 0) is 19.4 Å². The lowest BCUT2D eigenvalue weighted by Crippen LogP contribution is -2.33. The van der Waals surface area contributed by atoms with Gasteiger partial charge in [-0.2, -0.15) is 4.39 Å². The highest BCUT2D eigenvalue weighted by molar-refractivity contribution is 5.94. The number of carbonyl (C=O) groups is 1. The SMILES string of the molecule is CCCCCC(C)NC(=O)c1cc(F)c([N+](=O)[O-])cc1F. The fourth-order valence-corrected chi connectivity index (χ4v) is 1.92. The molecule has 0 heterocycles. The number of carbonyl (C=O) groups excluding carboxylic acids is 1. The molecule has 0 fully saturated rings. The first-order valence-electron chi connectivity index (χ1n) is 6.81. The van der Waals surface area contributed by atoms with E-state index in [0.29, 0.717) is 12.1 Å². The lowest BCUT2D eigenvalue weighted by Gasteiger charge is -2.14. The molecule has 0 aromatic heterocycles. The van der Waals surface area contributed by atoms with Crippen LogP contribution in [0.4, 0.5) is 14.5 Å². The van der Waals surface area contributed by atoms with Gasteiger partial charge >= 0.3 is 5.69 Å². The second-order valence-electron chi connectivity index (χ2n) is 4.91. The zero-order valence-corrected chi connectivity index (χ0v) is 12.0. The Morgan fingerprint density at radius 1 is 1.33 bits per heavy atom. The lowest BCUT2D eigenvalue weighted by molar-refractivity contribution is -0.387. The number of unbranched alkanes of at least 4 members (excludes halogenated alkanes) is 2. The highest BCUT2D eigenvalue weighted by Gasteiger charge is 2.22. The maximum absolute atomic E-state index is 13.7. The van der Waals surface area contributed by atoms with Crippen LogP contribution in [0.3, 0.4) is 0 Å². The van der Waals surface area contributed by atoms with Crippen LogP contribution in [0.1, 0.15) is 49.9 Å². The summed E-state index contributed by atoms with van der Waals surface area (Å²) in [5.74, 6) is -3.11. The normalized spacial score (nSPS) is 12.0. The summed E-state index contributed by atoms with van der Waals surface area (Å²) in [7, 11) is 0. The van der Waals surface area contributed by atoms with Gasteiger partial charge in [-0.15, -0.1) is 0 Å². The average molecular weight is 300 g/mol. The molecular formula is C14H18F2N2O3. The van der Waals surface area contributed by atoms with Crippen LogP contribution in [-0.2, 0) is 0 Å². The van der Waals surface area contributed by atoms with E-state index in [1.807, 2.05) is 0 Å². The number of benzene rings is 1. The fraction of sp³-hybridized carbons (Fsp3) is 0.500. The van der Waals surface area contributed by atoms with Crippen LogP contribution in [-0.4, -0.2) is 16.9 Å². The van der Waals surface area contributed by atoms with Crippen LogP contribution in [0, 0.1) is 21.7 Å². The van der Waals surface area contributed by atoms with Crippen molar-refractivity contribution in [1.29, 1.82) is 0 Å². The van der Waals surface area contributed by atoms with Gasteiger partial charge in [0.25, 0.3) is 5.91 Å². The van der Waals surface area contributed by atoms with Crippen molar-refractivity contribution in [3.05, 3.63) is 39.4 Å². The first-order chi connectivity index (χ1) is 9.86. The molecule has 1 amide bonds. The third kappa shape index (κ3) is 4.77. The van der Waals surface area contributed by atoms with E-state index in [1.165, 1.54) is 0 Å². The van der Waals surface area contributed by atoms with Crippen LogP contribution in [0.25, 0.3) is 0 Å². The summed E-state index contributed by atoms with van der Waals surface area (Å²) in [5, 5.41) is 13.0. The molecule has 5 nitrogen and oxygen atoms in total. The van der Waals surface area contributed by atoms with Crippen molar-refractivity contribution >= 4 is 11.6 Å². The highest BCUT2D eigenvalue weighted by atomic mass is 19.1. The molecule has 0 spiro atoms. The van der Waals surface area contributed by atoms with E-state index in [-0.39, 0.29) is 6.04 Å². The third-order valence-corrected chi connectivity index (χ3v) is 3.10. The molecule has 1 aromatic rings. The first kappa shape index (κ1) is 17.0. The topological polar surface area (TPSA) is 72.2 Å². The second kappa shape index (κ2) is 7.66. The number of nitro groups is 1. The Hall–Kier alpha value is -2.05. The Bertz CT molecular complexity index is 535. The minimum atomic E-state index is -1.23. The molecule has 0 aliphatic heterocycles. The monoisotopic (exact) mass is 300 g/mol. The summed E-state index contributed by atoms with van der Waals surface area (Å²) in [6.07, 6.45) is 3.73. The van der Waals surface area contributed by atoms with E-state index in [9.17, 15) is 23.7 Å². The van der Waals surface area contributed by atoms with Crippen molar-refractivity contribution in [2.75, 3.05) is 0 Å². The van der Waals surface area contributed by atoms with Crippen molar-refractivity contribution in [3.63, 3.8) is 0 Å². The molecule has 1 rings (SSSR count). The predicted molar refractivity (Wildman–Crippen MR) is 74.1 cm³/mol. The molecule has 0 saturated carbocycles. The Morgan fingerprint density at radius 3 is 2.57 bits per heavy atom. The number of nitrogens with zero attached hydrogens (tertiary/aromatic N) is 1. The van der Waals surface area contributed by atoms with Gasteiger partial charge in [0.05, 0.1) is 16.6 Å². The van der Waals surface area contributed by atoms with Gasteiger partial charge in [-0.1, -0.05) is 26.2 Å². The molecule has 116 valence electrons. The molecule has 0 aliphatic rings. The van der Waals surface area contributed by atoms with Gasteiger partial charge in [0.1, 0.15) is 5.82 Å². The molecular weight excluding hydrogens is 282 g/mol. The minimum Gasteiger partial charge on any atom is -0.349 e. The predicted octanol–water partition coefficient (Wildman–Crippen LogP) is 3.57. The zero-order chi connectivity index (χ0) is 16.0. The Kier molecular flexibility index (Phi) is 6.20. The number of nitro benzene ring substituents is 1. The van der Waals surface area contributed by atoms with Gasteiger partial charge in [0, 0.05) is 6.04 Å². The molecule has 1 N–H and O–H groups in total. The highest BCUT2D eigenvalue weighted by Crippen LogP contribution is 2.21. The summed E-state index contributed by atoms with van der Waals surface area (Å²) in [6.45, 7) is 3.82. The van der Waals surface area contributed by atoms with Gasteiger partial charge in [-0.25, -0.2) is 4.39 Å². The Morgan fingerprint density at radius 2 is 2.00 bits per heavy atom. The van der Waals surface area contributed by atoms with Gasteiger partial charge in [0.15, 0.2) is 0 Å². The number of hydrogen-bond donors (Lipinski definition) is 1. The van der Waals surface area contributed by atoms with Crippen molar-refractivity contribution < 1.29 is 18.5 Å². The van der Waals surface area contributed by atoms with E-state index < -0.39 is 33.7 Å². The lowest BCUT2D eigenvalue weighted by atomic mass is 10.1. The molecule has 0 radical (unpaired) electrons. The molecule has 0 saturated heterocycles. The van der Waals surface area contributed by atoms with Crippen molar-refractivity contribution in [3.8, 4) is 0 Å². The number of halogens is 2. The van der Waals surface area contributed by atoms with E-state index in [1.54, 1.807) is 6.92 Å². The molecule has 1 atom stereocenters. The number of hydrogen-bond acceptors (Lipinski definition) is 3. The van der Waals surface area contributed by atoms with Gasteiger partial charge < -0.3 is 5.32 Å². The maximum Gasteiger partial charge on any atom is 0.307 e. The quantitative estimate of drug-likeness (QED) is 0.475. The second-order valence-corrected chi connectivity index (χ2v) is 4.91. The summed E-state index contributed by atoms with van der Waals surface area (Å²) >= 11 is 0. The average Bonchev–Trinajstić information content (AvgIpc) is 2.40. The van der Waals surface area contributed by atoms with Crippen molar-refractivity contribution in [2.45, 2.75) is 45.6 Å². The van der Waals surface area contributed by atoms with E-state index in [0.717, 1.165) is 25.7 Å². The molecule has 1 unspecified atom stereocenters. The minimum absolute atomic E-state index is 0.179. The van der Waals surface area contributed by atoms with E-state index in [2.05, 4.69) is 12.2 Å². The number of rotatable bonds is 7. The molecule has 0 aliphatic carbocycles. The summed E-state index contributed by atoms with van der Waals surface area (Å²) in [5.41, 5.74) is -1.51. The molecule has 7 heteroatoms. The van der Waals surface area contributed by atoms with Gasteiger partial charge in [-0.3, -0.25) is 14.9 Å². The van der Waals surface area contributed by atoms with Crippen LogP contribution < -0.4 is 5.32 Å². The van der Waals surface area contributed by atoms with Crippen LogP contribution in [0.2, 0.25) is 0 Å². The van der Waals surface area contributed by atoms with Gasteiger partial charge in [0.2, 0.25) is 5.82 Å². The summed E-state index contributed by atoms with van der Waals surface area (Å²) in [4.78, 5) is 21.3. The van der Waals surface area contributed by atoms with E-state index in [4.69, 9.17) is 0 Å². The largest absolute Gasteiger partial charge is 0.349 e. The standard InChI is InChI=1S/C14H18F2N2O3/c1-3-4-5-6-9(2)17-14(19)10-7-12(16)13(18(20)21)8-11(10)15/h7-9H,3-6H2,1-2H3,(H,17,19). The fourth-order valence-electron chi connectivity index (χ4n) is 1.92. The summed E-state index contributed by atoms with van der Waals surface area (Å²) < 4.78 is 27.1. The molecule has 1 aromatic carbocycles. The van der Waals surface area contributed by atoms with Crippen molar-refractivity contribution in [2.24, 2.45) is 0 Å². The number of nitrogens with one attached hydrogen (secondary N) is 1. The van der Waals surface area contributed by atoms with Crippen LogP contribution in [0.5, 0.6) is 0 Å². The molecule has 0 bridgehead atoms. The van der Waals surface area contributed by atoms with Crippen LogP contribution >= 0.6 is 0 Å². The third-order valence-electron chi connectivity index (χ3n) is 3.10. The smallest absolute Gasteiger partial charge is 0.307 e. The summed E-state index contributed by atoms with van der Waals surface area (Å²) in [6, 6.07) is 0.801. The number of amides is 1. The van der Waals surface area contributed by atoms with E-state index >= 15 is 0 Å². The molecule has 21 heavy (non-hydrogen) atoms. The Balaban J connectivity index is 2.79. The maximum atomic E-state index is 13.7. The first-order valence-corrected chi connectivity index (χ1v) is 6.81. The van der Waals surface area contributed by atoms with Crippen molar-refractivity contribution in [1.82, 2.24) is 5.32 Å². The Labute approximate surface area is 121 Å².